The van der Waals surface area contributed by atoms with Crippen LogP contribution in [0.3, 0.4) is 0 Å². The third kappa shape index (κ3) is 2.38. The molecule has 0 spiro atoms. The van der Waals surface area contributed by atoms with Crippen LogP contribution in [0.4, 0.5) is 0 Å². The number of hydrogen-bond donors (Lipinski definition) is 1. The van der Waals surface area contributed by atoms with Crippen LogP contribution in [0.2, 0.25) is 0 Å². The second-order valence-electron chi connectivity index (χ2n) is 4.91. The van der Waals surface area contributed by atoms with E-state index < -0.39 is 0 Å². The second-order valence-corrected chi connectivity index (χ2v) is 4.91. The lowest BCUT2D eigenvalue weighted by Gasteiger charge is -2.29. The van der Waals surface area contributed by atoms with Crippen molar-refractivity contribution in [3.8, 4) is 0 Å². The SMILES string of the molecule is CCc1ccccc1C1C(CN)CCN1CC. The van der Waals surface area contributed by atoms with E-state index in [1.807, 2.05) is 0 Å². The number of nitrogens with two attached hydrogens (primary N) is 1. The highest BCUT2D eigenvalue weighted by Gasteiger charge is 2.34. The van der Waals surface area contributed by atoms with Crippen molar-refractivity contribution >= 4 is 0 Å². The minimum Gasteiger partial charge on any atom is -0.330 e. The zero-order valence-electron chi connectivity index (χ0n) is 11.0. The molecule has 2 rings (SSSR count). The Kier molecular flexibility index (Phi) is 4.19. The van der Waals surface area contributed by atoms with Crippen molar-refractivity contribution < 1.29 is 0 Å². The van der Waals surface area contributed by atoms with Gasteiger partial charge >= 0.3 is 0 Å². The molecule has 0 bridgehead atoms. The maximum atomic E-state index is 5.94. The van der Waals surface area contributed by atoms with E-state index in [1.165, 1.54) is 24.1 Å². The maximum absolute atomic E-state index is 5.94. The third-order valence-corrected chi connectivity index (χ3v) is 4.09. The van der Waals surface area contributed by atoms with E-state index in [-0.39, 0.29) is 0 Å². The zero-order valence-corrected chi connectivity index (χ0v) is 11.0. The van der Waals surface area contributed by atoms with Crippen LogP contribution in [-0.2, 0) is 6.42 Å². The summed E-state index contributed by atoms with van der Waals surface area (Å²) in [6.07, 6.45) is 2.36. The Morgan fingerprint density at radius 1 is 1.29 bits per heavy atom. The van der Waals surface area contributed by atoms with E-state index in [0.29, 0.717) is 12.0 Å². The molecular formula is C15H24N2. The van der Waals surface area contributed by atoms with Gasteiger partial charge in [0.2, 0.25) is 0 Å². The van der Waals surface area contributed by atoms with Crippen molar-refractivity contribution in [1.82, 2.24) is 4.90 Å². The van der Waals surface area contributed by atoms with Gasteiger partial charge in [-0.25, -0.2) is 0 Å². The second kappa shape index (κ2) is 5.65. The molecule has 0 saturated carbocycles. The molecule has 0 radical (unpaired) electrons. The minimum atomic E-state index is 0.543. The Morgan fingerprint density at radius 3 is 2.71 bits per heavy atom. The Bertz CT molecular complexity index is 350. The molecule has 2 atom stereocenters. The summed E-state index contributed by atoms with van der Waals surface area (Å²) in [5.74, 6) is 0.627. The predicted molar refractivity (Wildman–Crippen MR) is 73.0 cm³/mol. The molecule has 1 aliphatic heterocycles. The van der Waals surface area contributed by atoms with E-state index in [9.17, 15) is 0 Å². The van der Waals surface area contributed by atoms with Gasteiger partial charge in [0.25, 0.3) is 0 Å². The Hall–Kier alpha value is -0.860. The van der Waals surface area contributed by atoms with Crippen LogP contribution >= 0.6 is 0 Å². The first-order valence-corrected chi connectivity index (χ1v) is 6.83. The molecule has 1 aliphatic rings. The Balaban J connectivity index is 2.34. The number of nitrogens with zero attached hydrogens (tertiary/aromatic N) is 1. The van der Waals surface area contributed by atoms with Crippen LogP contribution in [0.5, 0.6) is 0 Å². The van der Waals surface area contributed by atoms with Crippen LogP contribution in [0, 0.1) is 5.92 Å². The smallest absolute Gasteiger partial charge is 0.0391 e. The Morgan fingerprint density at radius 2 is 2.06 bits per heavy atom. The maximum Gasteiger partial charge on any atom is 0.0391 e. The molecule has 1 aromatic rings. The number of benzene rings is 1. The summed E-state index contributed by atoms with van der Waals surface area (Å²) in [5.41, 5.74) is 8.93. The van der Waals surface area contributed by atoms with Gasteiger partial charge in [0.1, 0.15) is 0 Å². The number of rotatable bonds is 4. The highest BCUT2D eigenvalue weighted by Crippen LogP contribution is 2.37. The highest BCUT2D eigenvalue weighted by molar-refractivity contribution is 5.31. The fourth-order valence-electron chi connectivity index (χ4n) is 3.12. The third-order valence-electron chi connectivity index (χ3n) is 4.09. The largest absolute Gasteiger partial charge is 0.330 e. The quantitative estimate of drug-likeness (QED) is 0.864. The van der Waals surface area contributed by atoms with Crippen LogP contribution in [0.1, 0.15) is 37.4 Å². The van der Waals surface area contributed by atoms with Gasteiger partial charge in [0.15, 0.2) is 0 Å². The standard InChI is InChI=1S/C15H24N2/c1-3-12-7-5-6-8-14(12)15-13(11-16)9-10-17(15)4-2/h5-8,13,15H,3-4,9-11,16H2,1-2H3. The van der Waals surface area contributed by atoms with Crippen molar-refractivity contribution in [3.05, 3.63) is 35.4 Å². The number of hydrogen-bond acceptors (Lipinski definition) is 2. The Labute approximate surface area is 105 Å². The fraction of sp³-hybridized carbons (Fsp3) is 0.600. The van der Waals surface area contributed by atoms with Gasteiger partial charge < -0.3 is 5.73 Å². The van der Waals surface area contributed by atoms with Gasteiger partial charge in [-0.1, -0.05) is 38.1 Å². The average molecular weight is 232 g/mol. The molecule has 1 aromatic carbocycles. The number of aryl methyl sites for hydroxylation is 1. The summed E-state index contributed by atoms with van der Waals surface area (Å²) in [7, 11) is 0. The van der Waals surface area contributed by atoms with Crippen LogP contribution in [0.25, 0.3) is 0 Å². The lowest BCUT2D eigenvalue weighted by atomic mass is 9.90. The van der Waals surface area contributed by atoms with Crippen molar-refractivity contribution in [2.45, 2.75) is 32.7 Å². The summed E-state index contributed by atoms with van der Waals surface area (Å²) in [4.78, 5) is 2.58. The molecule has 2 nitrogen and oxygen atoms in total. The van der Waals surface area contributed by atoms with Crippen molar-refractivity contribution in [2.24, 2.45) is 11.7 Å². The molecule has 0 aromatic heterocycles. The average Bonchev–Trinajstić information content (AvgIpc) is 2.81. The number of likely N-dealkylation sites (tertiary alicyclic amines) is 1. The summed E-state index contributed by atoms with van der Waals surface area (Å²) in [5, 5.41) is 0. The predicted octanol–water partition coefficient (Wildman–Crippen LogP) is 2.59. The molecule has 2 unspecified atom stereocenters. The fourth-order valence-corrected chi connectivity index (χ4v) is 3.12. The van der Waals surface area contributed by atoms with E-state index >= 15 is 0 Å². The molecule has 2 heteroatoms. The van der Waals surface area contributed by atoms with Crippen molar-refractivity contribution in [3.63, 3.8) is 0 Å². The van der Waals surface area contributed by atoms with E-state index in [4.69, 9.17) is 5.73 Å². The van der Waals surface area contributed by atoms with Crippen LogP contribution in [-0.4, -0.2) is 24.5 Å². The highest BCUT2D eigenvalue weighted by atomic mass is 15.2. The van der Waals surface area contributed by atoms with E-state index in [0.717, 1.165) is 19.5 Å². The van der Waals surface area contributed by atoms with Crippen LogP contribution < -0.4 is 5.73 Å². The van der Waals surface area contributed by atoms with Crippen LogP contribution in [0.15, 0.2) is 24.3 Å². The van der Waals surface area contributed by atoms with Gasteiger partial charge in [-0.3, -0.25) is 4.90 Å². The lowest BCUT2D eigenvalue weighted by Crippen LogP contribution is -2.28. The van der Waals surface area contributed by atoms with Crippen molar-refractivity contribution in [1.29, 1.82) is 0 Å². The summed E-state index contributed by atoms with van der Waals surface area (Å²) in [6.45, 7) is 7.61. The zero-order chi connectivity index (χ0) is 12.3. The van der Waals surface area contributed by atoms with Gasteiger partial charge in [-0.2, -0.15) is 0 Å². The minimum absolute atomic E-state index is 0.543. The molecule has 94 valence electrons. The normalized spacial score (nSPS) is 25.4. The lowest BCUT2D eigenvalue weighted by molar-refractivity contribution is 0.241. The summed E-state index contributed by atoms with van der Waals surface area (Å²) in [6, 6.07) is 9.40. The molecule has 0 amide bonds. The summed E-state index contributed by atoms with van der Waals surface area (Å²) >= 11 is 0. The monoisotopic (exact) mass is 232 g/mol. The summed E-state index contributed by atoms with van der Waals surface area (Å²) < 4.78 is 0. The first-order valence-electron chi connectivity index (χ1n) is 6.83. The molecular weight excluding hydrogens is 208 g/mol. The molecule has 0 aliphatic carbocycles. The molecule has 1 saturated heterocycles. The molecule has 17 heavy (non-hydrogen) atoms. The van der Waals surface area contributed by atoms with Gasteiger partial charge in [-0.15, -0.1) is 0 Å². The molecule has 1 heterocycles. The van der Waals surface area contributed by atoms with Gasteiger partial charge in [-0.05, 0) is 49.5 Å². The van der Waals surface area contributed by atoms with E-state index in [2.05, 4.69) is 43.0 Å². The first-order chi connectivity index (χ1) is 8.31. The topological polar surface area (TPSA) is 29.3 Å². The van der Waals surface area contributed by atoms with Gasteiger partial charge in [0, 0.05) is 6.04 Å². The molecule has 2 N–H and O–H groups in total. The van der Waals surface area contributed by atoms with Crippen molar-refractivity contribution in [2.75, 3.05) is 19.6 Å². The first kappa shape index (κ1) is 12.6. The van der Waals surface area contributed by atoms with Gasteiger partial charge in [0.05, 0.1) is 0 Å². The molecule has 1 fully saturated rings. The van der Waals surface area contributed by atoms with E-state index in [1.54, 1.807) is 0 Å².